The zero-order valence-electron chi connectivity index (χ0n) is 15.1. The molecular formula is C21H22N2O4. The molecule has 0 atom stereocenters. The van der Waals surface area contributed by atoms with Crippen LogP contribution in [0.4, 0.5) is 0 Å². The Balaban J connectivity index is 1.67. The monoisotopic (exact) mass is 366 g/mol. The quantitative estimate of drug-likeness (QED) is 0.325. The molecule has 6 nitrogen and oxygen atoms in total. The number of benzene rings is 2. The van der Waals surface area contributed by atoms with Crippen LogP contribution in [0.5, 0.6) is 5.75 Å². The first-order valence-electron chi connectivity index (χ1n) is 8.62. The number of carbonyl (C=O) groups excluding carboxylic acids is 3. The first-order chi connectivity index (χ1) is 13.0. The number of ether oxygens (including phenoxy) is 1. The molecule has 0 aromatic heterocycles. The largest absolute Gasteiger partial charge is 0.427 e. The zero-order valence-corrected chi connectivity index (χ0v) is 15.1. The van der Waals surface area contributed by atoms with Gasteiger partial charge in [0.25, 0.3) is 5.91 Å². The van der Waals surface area contributed by atoms with Crippen LogP contribution in [0.2, 0.25) is 0 Å². The van der Waals surface area contributed by atoms with E-state index in [1.807, 2.05) is 30.3 Å². The van der Waals surface area contributed by atoms with E-state index in [-0.39, 0.29) is 11.8 Å². The maximum atomic E-state index is 12.1. The molecule has 2 rings (SSSR count). The van der Waals surface area contributed by atoms with Crippen molar-refractivity contribution in [1.82, 2.24) is 10.6 Å². The highest BCUT2D eigenvalue weighted by molar-refractivity contribution is 5.94. The Hall–Kier alpha value is -3.41. The van der Waals surface area contributed by atoms with Crippen molar-refractivity contribution in [2.75, 3.05) is 13.1 Å². The molecule has 0 saturated heterocycles. The minimum atomic E-state index is -0.440. The summed E-state index contributed by atoms with van der Waals surface area (Å²) in [4.78, 5) is 34.8. The molecule has 6 heteroatoms. The van der Waals surface area contributed by atoms with Crippen molar-refractivity contribution in [3.05, 3.63) is 71.8 Å². The van der Waals surface area contributed by atoms with E-state index in [1.54, 1.807) is 24.3 Å². The molecule has 0 spiro atoms. The van der Waals surface area contributed by atoms with Crippen LogP contribution in [0.25, 0.3) is 6.08 Å². The van der Waals surface area contributed by atoms with Crippen LogP contribution in [0.1, 0.15) is 29.3 Å². The number of esters is 1. The second-order valence-corrected chi connectivity index (χ2v) is 5.77. The van der Waals surface area contributed by atoms with E-state index in [0.29, 0.717) is 30.8 Å². The molecule has 0 heterocycles. The normalized spacial score (nSPS) is 10.4. The second-order valence-electron chi connectivity index (χ2n) is 5.77. The van der Waals surface area contributed by atoms with Gasteiger partial charge in [0.15, 0.2) is 0 Å². The Labute approximate surface area is 158 Å². The van der Waals surface area contributed by atoms with Gasteiger partial charge in [-0.25, -0.2) is 0 Å². The molecule has 0 saturated carbocycles. The highest BCUT2D eigenvalue weighted by Crippen LogP contribution is 2.13. The maximum Gasteiger partial charge on any atom is 0.308 e. The van der Waals surface area contributed by atoms with Crippen molar-refractivity contribution in [2.45, 2.75) is 13.3 Å². The van der Waals surface area contributed by atoms with Crippen LogP contribution in [-0.2, 0) is 9.59 Å². The predicted molar refractivity (Wildman–Crippen MR) is 103 cm³/mol. The fourth-order valence-electron chi connectivity index (χ4n) is 2.27. The molecule has 0 fully saturated rings. The van der Waals surface area contributed by atoms with Crippen molar-refractivity contribution in [2.24, 2.45) is 0 Å². The van der Waals surface area contributed by atoms with Crippen molar-refractivity contribution in [3.63, 3.8) is 0 Å². The van der Waals surface area contributed by atoms with Crippen LogP contribution < -0.4 is 15.4 Å². The molecule has 2 aromatic rings. The lowest BCUT2D eigenvalue weighted by atomic mass is 10.2. The Kier molecular flexibility index (Phi) is 7.78. The lowest BCUT2D eigenvalue weighted by Crippen LogP contribution is -2.29. The Morgan fingerprint density at radius 1 is 0.963 bits per heavy atom. The summed E-state index contributed by atoms with van der Waals surface area (Å²) in [5, 5.41) is 5.52. The lowest BCUT2D eigenvalue weighted by Gasteiger charge is -2.07. The molecule has 0 aliphatic carbocycles. The van der Waals surface area contributed by atoms with E-state index >= 15 is 0 Å². The zero-order chi connectivity index (χ0) is 19.5. The van der Waals surface area contributed by atoms with Crippen LogP contribution >= 0.6 is 0 Å². The van der Waals surface area contributed by atoms with Crippen LogP contribution in [0, 0.1) is 0 Å². The van der Waals surface area contributed by atoms with Crippen LogP contribution in [-0.4, -0.2) is 30.9 Å². The molecule has 0 unspecified atom stereocenters. The SMILES string of the molecule is CC(=O)Oc1cccc(C(=O)NCCCNC(=O)/C=C/c2ccccc2)c1. The van der Waals surface area contributed by atoms with E-state index in [0.717, 1.165) is 5.56 Å². The van der Waals surface area contributed by atoms with E-state index in [2.05, 4.69) is 10.6 Å². The number of nitrogens with one attached hydrogen (secondary N) is 2. The maximum absolute atomic E-state index is 12.1. The molecule has 140 valence electrons. The standard InChI is InChI=1S/C21H22N2O4/c1-16(24)27-19-10-5-9-18(15-19)21(26)23-14-6-13-22-20(25)12-11-17-7-3-2-4-8-17/h2-5,7-12,15H,6,13-14H2,1H3,(H,22,25)(H,23,26)/b12-11+. The fourth-order valence-corrected chi connectivity index (χ4v) is 2.27. The van der Waals surface area contributed by atoms with Crippen molar-refractivity contribution < 1.29 is 19.1 Å². The second kappa shape index (κ2) is 10.6. The van der Waals surface area contributed by atoms with E-state index in [4.69, 9.17) is 4.74 Å². The molecular weight excluding hydrogens is 344 g/mol. The summed E-state index contributed by atoms with van der Waals surface area (Å²) in [5.41, 5.74) is 1.36. The highest BCUT2D eigenvalue weighted by atomic mass is 16.5. The van der Waals surface area contributed by atoms with Gasteiger partial charge in [-0.1, -0.05) is 36.4 Å². The molecule has 0 aliphatic rings. The summed E-state index contributed by atoms with van der Waals surface area (Å²) in [6.07, 6.45) is 3.82. The average Bonchev–Trinajstić information content (AvgIpc) is 2.66. The Morgan fingerprint density at radius 2 is 1.70 bits per heavy atom. The van der Waals surface area contributed by atoms with E-state index < -0.39 is 5.97 Å². The van der Waals surface area contributed by atoms with E-state index in [9.17, 15) is 14.4 Å². The van der Waals surface area contributed by atoms with Gasteiger partial charge in [0.1, 0.15) is 5.75 Å². The number of hydrogen-bond donors (Lipinski definition) is 2. The van der Waals surface area contributed by atoms with Gasteiger partial charge < -0.3 is 15.4 Å². The molecule has 2 amide bonds. The number of hydrogen-bond acceptors (Lipinski definition) is 4. The van der Waals surface area contributed by atoms with Gasteiger partial charge in [-0.05, 0) is 36.3 Å². The fraction of sp³-hybridized carbons (Fsp3) is 0.190. The predicted octanol–water partition coefficient (Wildman–Crippen LogP) is 2.56. The van der Waals surface area contributed by atoms with Gasteiger partial charge in [-0.3, -0.25) is 14.4 Å². The van der Waals surface area contributed by atoms with Gasteiger partial charge in [-0.2, -0.15) is 0 Å². The summed E-state index contributed by atoms with van der Waals surface area (Å²) in [6, 6.07) is 15.9. The Morgan fingerprint density at radius 3 is 2.44 bits per heavy atom. The Bertz CT molecular complexity index is 816. The van der Waals surface area contributed by atoms with Gasteiger partial charge in [0.2, 0.25) is 5.91 Å². The summed E-state index contributed by atoms with van der Waals surface area (Å²) >= 11 is 0. The minimum absolute atomic E-state index is 0.181. The molecule has 2 aromatic carbocycles. The third kappa shape index (κ3) is 7.56. The molecule has 0 bridgehead atoms. The number of amides is 2. The molecule has 0 radical (unpaired) electrons. The number of carbonyl (C=O) groups is 3. The van der Waals surface area contributed by atoms with Crippen molar-refractivity contribution in [1.29, 1.82) is 0 Å². The van der Waals surface area contributed by atoms with Crippen LogP contribution in [0.3, 0.4) is 0 Å². The van der Waals surface area contributed by atoms with Gasteiger partial charge in [-0.15, -0.1) is 0 Å². The van der Waals surface area contributed by atoms with Gasteiger partial charge in [0.05, 0.1) is 0 Å². The van der Waals surface area contributed by atoms with Gasteiger partial charge >= 0.3 is 5.97 Å². The molecule has 0 aliphatic heterocycles. The minimum Gasteiger partial charge on any atom is -0.427 e. The molecule has 2 N–H and O–H groups in total. The first kappa shape index (κ1) is 19.9. The van der Waals surface area contributed by atoms with Crippen LogP contribution in [0.15, 0.2) is 60.7 Å². The summed E-state index contributed by atoms with van der Waals surface area (Å²) in [6.45, 7) is 2.17. The van der Waals surface area contributed by atoms with Crippen molar-refractivity contribution >= 4 is 23.9 Å². The van der Waals surface area contributed by atoms with E-state index in [1.165, 1.54) is 19.1 Å². The summed E-state index contributed by atoms with van der Waals surface area (Å²) in [5.74, 6) is -0.559. The smallest absolute Gasteiger partial charge is 0.308 e. The third-order valence-corrected chi connectivity index (χ3v) is 3.52. The highest BCUT2D eigenvalue weighted by Gasteiger charge is 2.07. The first-order valence-corrected chi connectivity index (χ1v) is 8.62. The summed E-state index contributed by atoms with van der Waals surface area (Å²) < 4.78 is 4.96. The lowest BCUT2D eigenvalue weighted by molar-refractivity contribution is -0.131. The summed E-state index contributed by atoms with van der Waals surface area (Å²) in [7, 11) is 0. The van der Waals surface area contributed by atoms with Crippen molar-refractivity contribution in [3.8, 4) is 5.75 Å². The third-order valence-electron chi connectivity index (χ3n) is 3.52. The average molecular weight is 366 g/mol. The molecule has 27 heavy (non-hydrogen) atoms. The number of rotatable bonds is 8. The topological polar surface area (TPSA) is 84.5 Å². The van der Waals surface area contributed by atoms with Gasteiger partial charge in [0, 0.05) is 31.7 Å².